The zero-order valence-electron chi connectivity index (χ0n) is 16.5. The highest BCUT2D eigenvalue weighted by molar-refractivity contribution is 5.80. The first kappa shape index (κ1) is 17.2. The van der Waals surface area contributed by atoms with Gasteiger partial charge in [-0.2, -0.15) is 10.2 Å². The highest BCUT2D eigenvalue weighted by Gasteiger charge is 2.43. The third kappa shape index (κ3) is 2.66. The summed E-state index contributed by atoms with van der Waals surface area (Å²) in [7, 11) is 1.91. The minimum atomic E-state index is 0.0491. The van der Waals surface area contributed by atoms with Gasteiger partial charge < -0.3 is 9.80 Å². The normalized spacial score (nSPS) is 21.9. The zero-order valence-corrected chi connectivity index (χ0v) is 16.5. The minimum absolute atomic E-state index is 0.0491. The molecule has 2 saturated heterocycles. The van der Waals surface area contributed by atoms with E-state index in [-0.39, 0.29) is 23.9 Å². The number of hydrogen-bond donors (Lipinski definition) is 0. The first-order valence-corrected chi connectivity index (χ1v) is 9.91. The highest BCUT2D eigenvalue weighted by Crippen LogP contribution is 2.35. The van der Waals surface area contributed by atoms with E-state index in [4.69, 9.17) is 0 Å². The third-order valence-corrected chi connectivity index (χ3v) is 5.95. The minimum Gasteiger partial charge on any atom is -0.351 e. The van der Waals surface area contributed by atoms with Gasteiger partial charge in [0.2, 0.25) is 5.91 Å². The molecule has 2 atom stereocenters. The first-order chi connectivity index (χ1) is 13.5. The molecule has 0 N–H and O–H groups in total. The summed E-state index contributed by atoms with van der Waals surface area (Å²) in [6, 6.07) is 2.67. The fraction of sp³-hybridized carbons (Fsp3) is 0.500. The van der Waals surface area contributed by atoms with E-state index in [1.165, 1.54) is 0 Å². The van der Waals surface area contributed by atoms with Gasteiger partial charge in [-0.1, -0.05) is 13.8 Å². The predicted molar refractivity (Wildman–Crippen MR) is 106 cm³/mol. The molecule has 2 unspecified atom stereocenters. The molecule has 8 nitrogen and oxygen atoms in total. The number of fused-ring (bicyclic) bond motifs is 3. The SMILES string of the molecule is CC(C)C(=O)N1C2CCC1CN(c1ncnn3cc(-c4cnn(C)c4)cc13)C2. The Hall–Kier alpha value is -2.90. The van der Waals surface area contributed by atoms with Crippen LogP contribution in [-0.2, 0) is 11.8 Å². The molecule has 1 amide bonds. The Morgan fingerprint density at radius 2 is 1.86 bits per heavy atom. The van der Waals surface area contributed by atoms with Gasteiger partial charge in [0.15, 0.2) is 5.82 Å². The second-order valence-corrected chi connectivity index (χ2v) is 8.24. The van der Waals surface area contributed by atoms with Gasteiger partial charge in [0.1, 0.15) is 11.8 Å². The molecule has 2 fully saturated rings. The van der Waals surface area contributed by atoms with Crippen LogP contribution in [0.15, 0.2) is 31.0 Å². The molecule has 146 valence electrons. The summed E-state index contributed by atoms with van der Waals surface area (Å²) in [4.78, 5) is 21.7. The number of nitrogens with zero attached hydrogens (tertiary/aromatic N) is 7. The Morgan fingerprint density at radius 1 is 1.11 bits per heavy atom. The number of carbonyl (C=O) groups excluding carboxylic acids is 1. The average Bonchev–Trinajstić information content (AvgIpc) is 3.36. The molecular formula is C20H25N7O. The van der Waals surface area contributed by atoms with Gasteiger partial charge in [0, 0.05) is 61.7 Å². The van der Waals surface area contributed by atoms with Crippen LogP contribution in [0.25, 0.3) is 16.6 Å². The molecule has 3 aromatic heterocycles. The van der Waals surface area contributed by atoms with Gasteiger partial charge in [-0.25, -0.2) is 9.50 Å². The molecule has 0 radical (unpaired) electrons. The Balaban J connectivity index is 1.47. The number of hydrogen-bond acceptors (Lipinski definition) is 5. The number of piperazine rings is 1. The zero-order chi connectivity index (χ0) is 19.4. The molecule has 5 rings (SSSR count). The summed E-state index contributed by atoms with van der Waals surface area (Å²) in [5.41, 5.74) is 3.13. The van der Waals surface area contributed by atoms with E-state index in [1.807, 2.05) is 44.0 Å². The fourth-order valence-electron chi connectivity index (χ4n) is 4.62. The Morgan fingerprint density at radius 3 is 2.50 bits per heavy atom. The first-order valence-electron chi connectivity index (χ1n) is 9.91. The van der Waals surface area contributed by atoms with Crippen LogP contribution in [0.3, 0.4) is 0 Å². The van der Waals surface area contributed by atoms with Gasteiger partial charge in [-0.3, -0.25) is 9.48 Å². The van der Waals surface area contributed by atoms with Crippen LogP contribution in [0.1, 0.15) is 26.7 Å². The maximum Gasteiger partial charge on any atom is 0.225 e. The summed E-state index contributed by atoms with van der Waals surface area (Å²) >= 11 is 0. The van der Waals surface area contributed by atoms with Crippen molar-refractivity contribution in [1.29, 1.82) is 0 Å². The largest absolute Gasteiger partial charge is 0.351 e. The average molecular weight is 379 g/mol. The van der Waals surface area contributed by atoms with E-state index < -0.39 is 0 Å². The van der Waals surface area contributed by atoms with Gasteiger partial charge in [-0.15, -0.1) is 0 Å². The van der Waals surface area contributed by atoms with Crippen LogP contribution in [0, 0.1) is 5.92 Å². The highest BCUT2D eigenvalue weighted by atomic mass is 16.2. The molecule has 0 saturated carbocycles. The maximum absolute atomic E-state index is 12.6. The smallest absolute Gasteiger partial charge is 0.225 e. The number of aryl methyl sites for hydroxylation is 1. The molecule has 2 aliphatic rings. The Kier molecular flexibility index (Phi) is 3.89. The van der Waals surface area contributed by atoms with Crippen molar-refractivity contribution in [3.05, 3.63) is 31.0 Å². The summed E-state index contributed by atoms with van der Waals surface area (Å²) in [5, 5.41) is 8.66. The summed E-state index contributed by atoms with van der Waals surface area (Å²) in [6.07, 6.45) is 9.64. The van der Waals surface area contributed by atoms with Crippen LogP contribution >= 0.6 is 0 Å². The lowest BCUT2D eigenvalue weighted by molar-refractivity contribution is -0.137. The number of amides is 1. The van der Waals surface area contributed by atoms with Crippen molar-refractivity contribution < 1.29 is 4.79 Å². The maximum atomic E-state index is 12.6. The van der Waals surface area contributed by atoms with Crippen LogP contribution in [0.4, 0.5) is 5.82 Å². The molecular weight excluding hydrogens is 354 g/mol. The second kappa shape index (κ2) is 6.32. The lowest BCUT2D eigenvalue weighted by atomic mass is 10.1. The summed E-state index contributed by atoms with van der Waals surface area (Å²) in [5.74, 6) is 1.27. The third-order valence-electron chi connectivity index (χ3n) is 5.95. The van der Waals surface area contributed by atoms with Crippen molar-refractivity contribution in [2.24, 2.45) is 13.0 Å². The van der Waals surface area contributed by atoms with Crippen LogP contribution in [0.5, 0.6) is 0 Å². The molecule has 5 heterocycles. The van der Waals surface area contributed by atoms with E-state index in [1.54, 1.807) is 11.0 Å². The Labute approximate surface area is 163 Å². The van der Waals surface area contributed by atoms with E-state index in [9.17, 15) is 4.79 Å². The van der Waals surface area contributed by atoms with Crippen molar-refractivity contribution in [1.82, 2.24) is 29.3 Å². The van der Waals surface area contributed by atoms with Crippen LogP contribution in [-0.4, -0.2) is 60.4 Å². The van der Waals surface area contributed by atoms with Crippen LogP contribution in [0.2, 0.25) is 0 Å². The van der Waals surface area contributed by atoms with Crippen molar-refractivity contribution in [3.63, 3.8) is 0 Å². The van der Waals surface area contributed by atoms with Gasteiger partial charge in [0.05, 0.1) is 6.20 Å². The molecule has 0 aliphatic carbocycles. The van der Waals surface area contributed by atoms with Crippen LogP contribution < -0.4 is 4.90 Å². The number of carbonyl (C=O) groups is 1. The number of aromatic nitrogens is 5. The van der Waals surface area contributed by atoms with E-state index in [0.29, 0.717) is 0 Å². The van der Waals surface area contributed by atoms with E-state index in [0.717, 1.165) is 48.4 Å². The fourth-order valence-corrected chi connectivity index (χ4v) is 4.62. The van der Waals surface area contributed by atoms with Gasteiger partial charge >= 0.3 is 0 Å². The molecule has 8 heteroatoms. The molecule has 2 bridgehead atoms. The quantitative estimate of drug-likeness (QED) is 0.696. The van der Waals surface area contributed by atoms with E-state index in [2.05, 4.69) is 31.0 Å². The summed E-state index contributed by atoms with van der Waals surface area (Å²) in [6.45, 7) is 5.63. The number of rotatable bonds is 3. The van der Waals surface area contributed by atoms with Crippen molar-refractivity contribution in [2.45, 2.75) is 38.8 Å². The monoisotopic (exact) mass is 379 g/mol. The Bertz CT molecular complexity index is 1020. The van der Waals surface area contributed by atoms with E-state index >= 15 is 0 Å². The molecule has 28 heavy (non-hydrogen) atoms. The second-order valence-electron chi connectivity index (χ2n) is 8.24. The molecule has 0 aromatic carbocycles. The number of anilines is 1. The molecule has 3 aromatic rings. The molecule has 0 spiro atoms. The van der Waals surface area contributed by atoms with Gasteiger partial charge in [-0.05, 0) is 18.9 Å². The summed E-state index contributed by atoms with van der Waals surface area (Å²) < 4.78 is 3.69. The lowest BCUT2D eigenvalue weighted by Gasteiger charge is -2.42. The predicted octanol–water partition coefficient (Wildman–Crippen LogP) is 1.97. The van der Waals surface area contributed by atoms with Gasteiger partial charge in [0.25, 0.3) is 0 Å². The van der Waals surface area contributed by atoms with Crippen molar-refractivity contribution in [3.8, 4) is 11.1 Å². The standard InChI is InChI=1S/C20H25N7O/c1-13(2)20(28)27-16-4-5-17(27)11-25(10-16)19-18-6-14(9-26(18)23-12-21-19)15-7-22-24(3)8-15/h6-9,12-13,16-17H,4-5,10-11H2,1-3H3. The topological polar surface area (TPSA) is 71.6 Å². The molecule has 2 aliphatic heterocycles. The van der Waals surface area contributed by atoms with Crippen molar-refractivity contribution >= 4 is 17.2 Å². The van der Waals surface area contributed by atoms with Crippen molar-refractivity contribution in [2.75, 3.05) is 18.0 Å². The lowest BCUT2D eigenvalue weighted by Crippen LogP contribution is -2.57.